The van der Waals surface area contributed by atoms with E-state index in [2.05, 4.69) is 20.6 Å². The molecule has 2 N–H and O–H groups in total. The lowest BCUT2D eigenvalue weighted by Crippen LogP contribution is -2.44. The molecule has 0 bridgehead atoms. The molecule has 1 aromatic heterocycles. The second kappa shape index (κ2) is 9.96. The number of rotatable bonds is 8. The van der Waals surface area contributed by atoms with Gasteiger partial charge in [-0.1, -0.05) is 0 Å². The van der Waals surface area contributed by atoms with Crippen LogP contribution in [0.15, 0.2) is 23.3 Å². The molecule has 0 saturated heterocycles. The first-order chi connectivity index (χ1) is 11.4. The first-order valence-corrected chi connectivity index (χ1v) is 7.56. The predicted molar refractivity (Wildman–Crippen MR) is 85.2 cm³/mol. The van der Waals surface area contributed by atoms with Crippen LogP contribution in [0.5, 0.6) is 5.88 Å². The van der Waals surface area contributed by atoms with Gasteiger partial charge in [0.25, 0.3) is 0 Å². The predicted octanol–water partition coefficient (Wildman–Crippen LogP) is 2.07. The van der Waals surface area contributed by atoms with Crippen LogP contribution >= 0.6 is 0 Å². The first-order valence-electron chi connectivity index (χ1n) is 7.56. The van der Waals surface area contributed by atoms with Gasteiger partial charge < -0.3 is 20.1 Å². The Bertz CT molecular complexity index is 506. The van der Waals surface area contributed by atoms with E-state index < -0.39 is 11.7 Å². The number of guanidine groups is 1. The SMILES string of the molecule is CCNC(=NCCOc1ccc(C(F)(F)F)cn1)NC(C)COC. The van der Waals surface area contributed by atoms with Crippen LogP contribution in [0.4, 0.5) is 13.2 Å². The van der Waals surface area contributed by atoms with Crippen LogP contribution in [0, 0.1) is 0 Å². The maximum atomic E-state index is 12.4. The minimum atomic E-state index is -4.40. The molecule has 0 saturated carbocycles. The maximum absolute atomic E-state index is 12.4. The van der Waals surface area contributed by atoms with E-state index in [1.54, 1.807) is 7.11 Å². The summed E-state index contributed by atoms with van der Waals surface area (Å²) in [6.45, 7) is 5.67. The molecule has 0 spiro atoms. The van der Waals surface area contributed by atoms with Gasteiger partial charge in [0.2, 0.25) is 5.88 Å². The lowest BCUT2D eigenvalue weighted by molar-refractivity contribution is -0.137. The number of nitrogens with zero attached hydrogens (tertiary/aromatic N) is 2. The smallest absolute Gasteiger partial charge is 0.417 e. The molecule has 1 rings (SSSR count). The minimum Gasteiger partial charge on any atom is -0.476 e. The van der Waals surface area contributed by atoms with Crippen molar-refractivity contribution < 1.29 is 22.6 Å². The lowest BCUT2D eigenvalue weighted by atomic mass is 10.3. The summed E-state index contributed by atoms with van der Waals surface area (Å²) in [5.41, 5.74) is -0.807. The third-order valence-electron chi connectivity index (χ3n) is 2.82. The summed E-state index contributed by atoms with van der Waals surface area (Å²) >= 11 is 0. The van der Waals surface area contributed by atoms with Crippen molar-refractivity contribution in [2.24, 2.45) is 4.99 Å². The summed E-state index contributed by atoms with van der Waals surface area (Å²) in [7, 11) is 1.62. The standard InChI is InChI=1S/C15H23F3N4O2/c1-4-19-14(22-11(2)10-23-3)20-7-8-24-13-6-5-12(9-21-13)15(16,17)18/h5-6,9,11H,4,7-8,10H2,1-3H3,(H2,19,20,22). The maximum Gasteiger partial charge on any atom is 0.417 e. The molecule has 0 fully saturated rings. The van der Waals surface area contributed by atoms with E-state index in [1.165, 1.54) is 6.07 Å². The number of ether oxygens (including phenoxy) is 2. The molecule has 0 radical (unpaired) electrons. The second-order valence-corrected chi connectivity index (χ2v) is 4.99. The van der Waals surface area contributed by atoms with Crippen LogP contribution in [-0.2, 0) is 10.9 Å². The Labute approximate surface area is 139 Å². The normalized spacial score (nSPS) is 13.5. The zero-order valence-electron chi connectivity index (χ0n) is 14.0. The van der Waals surface area contributed by atoms with Crippen molar-refractivity contribution in [3.8, 4) is 5.88 Å². The molecule has 1 unspecified atom stereocenters. The van der Waals surface area contributed by atoms with Gasteiger partial charge in [0, 0.05) is 32.0 Å². The van der Waals surface area contributed by atoms with Gasteiger partial charge in [-0.15, -0.1) is 0 Å². The van der Waals surface area contributed by atoms with E-state index in [1.807, 2.05) is 13.8 Å². The quantitative estimate of drug-likeness (QED) is 0.428. The fourth-order valence-corrected chi connectivity index (χ4v) is 1.79. The van der Waals surface area contributed by atoms with Crippen LogP contribution in [0.25, 0.3) is 0 Å². The highest BCUT2D eigenvalue weighted by Crippen LogP contribution is 2.29. The van der Waals surface area contributed by atoms with Crippen LogP contribution in [0.3, 0.4) is 0 Å². The average Bonchev–Trinajstić information content (AvgIpc) is 2.51. The largest absolute Gasteiger partial charge is 0.476 e. The Hall–Kier alpha value is -2.03. The van der Waals surface area contributed by atoms with E-state index in [9.17, 15) is 13.2 Å². The average molecular weight is 348 g/mol. The molecule has 136 valence electrons. The van der Waals surface area contributed by atoms with Gasteiger partial charge in [-0.25, -0.2) is 9.98 Å². The Kier molecular flexibility index (Phi) is 8.31. The van der Waals surface area contributed by atoms with Gasteiger partial charge in [-0.05, 0) is 19.9 Å². The van der Waals surface area contributed by atoms with E-state index in [0.29, 0.717) is 25.7 Å². The zero-order valence-corrected chi connectivity index (χ0v) is 14.0. The number of hydrogen-bond donors (Lipinski definition) is 2. The number of hydrogen-bond acceptors (Lipinski definition) is 4. The fraction of sp³-hybridized carbons (Fsp3) is 0.600. The Morgan fingerprint density at radius 2 is 2.12 bits per heavy atom. The third-order valence-corrected chi connectivity index (χ3v) is 2.82. The molecule has 0 aliphatic carbocycles. The molecule has 9 heteroatoms. The lowest BCUT2D eigenvalue weighted by Gasteiger charge is -2.17. The summed E-state index contributed by atoms with van der Waals surface area (Å²) in [5.74, 6) is 0.745. The summed E-state index contributed by atoms with van der Waals surface area (Å²) in [4.78, 5) is 7.95. The van der Waals surface area contributed by atoms with Gasteiger partial charge in [0.15, 0.2) is 5.96 Å². The van der Waals surface area contributed by atoms with Gasteiger partial charge in [0.05, 0.1) is 18.7 Å². The molecule has 1 heterocycles. The van der Waals surface area contributed by atoms with Crippen molar-refractivity contribution in [2.45, 2.75) is 26.1 Å². The molecule has 24 heavy (non-hydrogen) atoms. The molecular weight excluding hydrogens is 325 g/mol. The Morgan fingerprint density at radius 1 is 1.38 bits per heavy atom. The molecule has 1 aromatic rings. The minimum absolute atomic E-state index is 0.0882. The molecule has 0 amide bonds. The summed E-state index contributed by atoms with van der Waals surface area (Å²) < 4.78 is 47.6. The van der Waals surface area contributed by atoms with Crippen LogP contribution < -0.4 is 15.4 Å². The van der Waals surface area contributed by atoms with E-state index in [4.69, 9.17) is 9.47 Å². The number of nitrogens with one attached hydrogen (secondary N) is 2. The van der Waals surface area contributed by atoms with Gasteiger partial charge in [-0.2, -0.15) is 13.2 Å². The topological polar surface area (TPSA) is 67.8 Å². The molecular formula is C15H23F3N4O2. The van der Waals surface area contributed by atoms with Gasteiger partial charge >= 0.3 is 6.18 Å². The fourth-order valence-electron chi connectivity index (χ4n) is 1.79. The summed E-state index contributed by atoms with van der Waals surface area (Å²) in [5, 5.41) is 6.24. The van der Waals surface area contributed by atoms with E-state index >= 15 is 0 Å². The van der Waals surface area contributed by atoms with Crippen LogP contribution in [0.2, 0.25) is 0 Å². The highest BCUT2D eigenvalue weighted by atomic mass is 19.4. The third kappa shape index (κ3) is 7.49. The molecule has 0 aromatic carbocycles. The van der Waals surface area contributed by atoms with Crippen molar-refractivity contribution in [3.05, 3.63) is 23.9 Å². The van der Waals surface area contributed by atoms with Gasteiger partial charge in [0.1, 0.15) is 6.61 Å². The molecule has 0 aliphatic rings. The van der Waals surface area contributed by atoms with Crippen LogP contribution in [-0.4, -0.2) is 50.4 Å². The second-order valence-electron chi connectivity index (χ2n) is 4.99. The van der Waals surface area contributed by atoms with E-state index in [0.717, 1.165) is 12.3 Å². The van der Waals surface area contributed by atoms with Crippen molar-refractivity contribution in [1.82, 2.24) is 15.6 Å². The Morgan fingerprint density at radius 3 is 2.67 bits per heavy atom. The van der Waals surface area contributed by atoms with E-state index in [-0.39, 0.29) is 18.5 Å². The first kappa shape index (κ1) is 20.0. The van der Waals surface area contributed by atoms with Crippen molar-refractivity contribution in [3.63, 3.8) is 0 Å². The number of aliphatic imine (C=N–C) groups is 1. The molecule has 1 atom stereocenters. The number of alkyl halides is 3. The van der Waals surface area contributed by atoms with Crippen LogP contribution in [0.1, 0.15) is 19.4 Å². The number of halogens is 3. The monoisotopic (exact) mass is 348 g/mol. The highest BCUT2D eigenvalue weighted by Gasteiger charge is 2.30. The number of pyridine rings is 1. The highest BCUT2D eigenvalue weighted by molar-refractivity contribution is 5.80. The number of aromatic nitrogens is 1. The summed E-state index contributed by atoms with van der Waals surface area (Å²) in [6, 6.07) is 2.21. The molecule has 0 aliphatic heterocycles. The van der Waals surface area contributed by atoms with Crippen molar-refractivity contribution in [1.29, 1.82) is 0 Å². The zero-order chi connectivity index (χ0) is 18.0. The van der Waals surface area contributed by atoms with Crippen molar-refractivity contribution in [2.75, 3.05) is 33.4 Å². The summed E-state index contributed by atoms with van der Waals surface area (Å²) in [6.07, 6.45) is -3.65. The Balaban J connectivity index is 2.46. The number of methoxy groups -OCH3 is 1. The van der Waals surface area contributed by atoms with Gasteiger partial charge in [-0.3, -0.25) is 0 Å². The molecule has 6 nitrogen and oxygen atoms in total. The van der Waals surface area contributed by atoms with Crippen molar-refractivity contribution >= 4 is 5.96 Å².